The van der Waals surface area contributed by atoms with Crippen LogP contribution in [-0.2, 0) is 12.3 Å². The van der Waals surface area contributed by atoms with Gasteiger partial charge in [-0.05, 0) is 54.1 Å². The third-order valence-corrected chi connectivity index (χ3v) is 7.32. The molecule has 1 saturated heterocycles. The summed E-state index contributed by atoms with van der Waals surface area (Å²) in [4.78, 5) is 15.1. The van der Waals surface area contributed by atoms with E-state index in [9.17, 15) is 4.79 Å². The summed E-state index contributed by atoms with van der Waals surface area (Å²) in [6, 6.07) is 24.2. The Balaban J connectivity index is 1.57. The number of nitrogens with one attached hydrogen (secondary N) is 1. The van der Waals surface area contributed by atoms with Crippen molar-refractivity contribution in [3.8, 4) is 11.5 Å². The number of carbonyl (C=O) groups excluding carboxylic acids is 1. The molecule has 6 heteroatoms. The Labute approximate surface area is 200 Å². The molecule has 1 aliphatic rings. The second-order valence-corrected chi connectivity index (χ2v) is 9.30. The average molecular weight is 464 g/mol. The van der Waals surface area contributed by atoms with Gasteiger partial charge < -0.3 is 14.8 Å². The predicted molar refractivity (Wildman–Crippen MR) is 133 cm³/mol. The molecule has 0 aromatic heterocycles. The molecule has 1 heterocycles. The van der Waals surface area contributed by atoms with Crippen molar-refractivity contribution in [1.29, 1.82) is 0 Å². The molecule has 172 valence electrons. The third-order valence-electron chi connectivity index (χ3n) is 6.18. The maximum atomic E-state index is 14.1. The number of quaternary nitrogens is 1. The Morgan fingerprint density at radius 2 is 1.42 bits per heavy atom. The molecule has 3 aromatic carbocycles. The molecule has 0 spiro atoms. The minimum atomic E-state index is 0.199. The molecule has 3 aromatic rings. The molecule has 4 rings (SSSR count). The van der Waals surface area contributed by atoms with Crippen LogP contribution in [0.5, 0.6) is 11.5 Å². The SMILES string of the molecule is COc1ccc(CSc2ccccc2C(=O)[N+]2(Cc3ccc(OC)cc3)CCNCC2)cc1. The smallest absolute Gasteiger partial charge is 0.347 e. The minimum Gasteiger partial charge on any atom is -0.497 e. The largest absolute Gasteiger partial charge is 0.497 e. The number of rotatable bonds is 8. The van der Waals surface area contributed by atoms with E-state index in [-0.39, 0.29) is 5.91 Å². The summed E-state index contributed by atoms with van der Waals surface area (Å²) < 4.78 is 11.0. The summed E-state index contributed by atoms with van der Waals surface area (Å²) in [7, 11) is 3.34. The van der Waals surface area contributed by atoms with Gasteiger partial charge in [0.15, 0.2) is 0 Å². The van der Waals surface area contributed by atoms with Gasteiger partial charge in [-0.15, -0.1) is 11.8 Å². The number of nitrogens with zero attached hydrogens (tertiary/aromatic N) is 1. The zero-order chi connectivity index (χ0) is 23.1. The molecule has 0 aliphatic carbocycles. The highest BCUT2D eigenvalue weighted by molar-refractivity contribution is 7.98. The summed E-state index contributed by atoms with van der Waals surface area (Å²) in [6.45, 7) is 3.92. The van der Waals surface area contributed by atoms with Crippen LogP contribution in [0.2, 0.25) is 0 Å². The number of thioether (sulfide) groups is 1. The topological polar surface area (TPSA) is 47.6 Å². The lowest BCUT2D eigenvalue weighted by Crippen LogP contribution is -2.61. The summed E-state index contributed by atoms with van der Waals surface area (Å²) in [5.41, 5.74) is 3.16. The number of hydrogen-bond acceptors (Lipinski definition) is 5. The fourth-order valence-electron chi connectivity index (χ4n) is 4.24. The number of carbonyl (C=O) groups is 1. The van der Waals surface area contributed by atoms with Crippen LogP contribution < -0.4 is 14.8 Å². The van der Waals surface area contributed by atoms with E-state index in [1.165, 1.54) is 5.56 Å². The Kier molecular flexibility index (Phi) is 7.70. The van der Waals surface area contributed by atoms with Crippen LogP contribution in [0.4, 0.5) is 0 Å². The maximum absolute atomic E-state index is 14.1. The van der Waals surface area contributed by atoms with E-state index in [0.717, 1.165) is 59.5 Å². The van der Waals surface area contributed by atoms with Gasteiger partial charge >= 0.3 is 5.91 Å². The number of piperazine rings is 1. The maximum Gasteiger partial charge on any atom is 0.347 e. The average Bonchev–Trinajstić information content (AvgIpc) is 2.88. The molecule has 1 amide bonds. The molecular formula is C27H31N2O3S+. The Bertz CT molecular complexity index is 1060. The van der Waals surface area contributed by atoms with Gasteiger partial charge in [-0.2, -0.15) is 0 Å². The van der Waals surface area contributed by atoms with Crippen LogP contribution in [0.15, 0.2) is 77.7 Å². The van der Waals surface area contributed by atoms with Gasteiger partial charge in [-0.25, -0.2) is 4.79 Å². The number of benzene rings is 3. The molecule has 0 radical (unpaired) electrons. The Morgan fingerprint density at radius 1 is 0.848 bits per heavy atom. The first-order valence-electron chi connectivity index (χ1n) is 11.2. The van der Waals surface area contributed by atoms with Gasteiger partial charge in [0.2, 0.25) is 0 Å². The van der Waals surface area contributed by atoms with Crippen molar-refractivity contribution in [3.63, 3.8) is 0 Å². The summed E-state index contributed by atoms with van der Waals surface area (Å²) in [5, 5.41) is 3.42. The molecule has 1 fully saturated rings. The predicted octanol–water partition coefficient (Wildman–Crippen LogP) is 4.76. The molecule has 0 saturated carbocycles. The van der Waals surface area contributed by atoms with Crippen molar-refractivity contribution in [2.45, 2.75) is 17.2 Å². The van der Waals surface area contributed by atoms with Gasteiger partial charge in [0, 0.05) is 29.3 Å². The zero-order valence-electron chi connectivity index (χ0n) is 19.3. The van der Waals surface area contributed by atoms with Crippen LogP contribution in [0.3, 0.4) is 0 Å². The van der Waals surface area contributed by atoms with E-state index in [1.54, 1.807) is 26.0 Å². The molecular weight excluding hydrogens is 432 g/mol. The van der Waals surface area contributed by atoms with Crippen LogP contribution in [-0.4, -0.2) is 50.8 Å². The van der Waals surface area contributed by atoms with Crippen molar-refractivity contribution in [3.05, 3.63) is 89.5 Å². The molecule has 0 atom stereocenters. The van der Waals surface area contributed by atoms with Crippen LogP contribution >= 0.6 is 11.8 Å². The second kappa shape index (κ2) is 10.9. The normalized spacial score (nSPS) is 15.1. The highest BCUT2D eigenvalue weighted by atomic mass is 32.2. The Morgan fingerprint density at radius 3 is 2.03 bits per heavy atom. The van der Waals surface area contributed by atoms with E-state index in [1.807, 2.05) is 42.5 Å². The van der Waals surface area contributed by atoms with Crippen LogP contribution in [0, 0.1) is 0 Å². The minimum absolute atomic E-state index is 0.199. The molecule has 0 bridgehead atoms. The molecule has 1 aliphatic heterocycles. The highest BCUT2D eigenvalue weighted by Gasteiger charge is 2.40. The van der Waals surface area contributed by atoms with Gasteiger partial charge in [-0.3, -0.25) is 4.48 Å². The van der Waals surface area contributed by atoms with E-state index >= 15 is 0 Å². The van der Waals surface area contributed by atoms with E-state index < -0.39 is 0 Å². The van der Waals surface area contributed by atoms with Gasteiger partial charge in [-0.1, -0.05) is 24.3 Å². The summed E-state index contributed by atoms with van der Waals surface area (Å²) in [6.07, 6.45) is 0. The first-order valence-corrected chi connectivity index (χ1v) is 12.2. The summed E-state index contributed by atoms with van der Waals surface area (Å²) in [5.74, 6) is 2.68. The van der Waals surface area contributed by atoms with Crippen molar-refractivity contribution < 1.29 is 18.8 Å². The van der Waals surface area contributed by atoms with Crippen molar-refractivity contribution in [2.75, 3.05) is 40.4 Å². The molecule has 33 heavy (non-hydrogen) atoms. The van der Waals surface area contributed by atoms with Crippen molar-refractivity contribution >= 4 is 17.7 Å². The standard InChI is InChI=1S/C27H31N2O3S/c1-31-23-11-7-21(8-12-23)19-29(17-15-28-16-18-29)27(30)25-5-3-4-6-26(25)33-20-22-9-13-24(32-2)14-10-22/h3-14,28H,15-20H2,1-2H3/q+1. The first-order chi connectivity index (χ1) is 16.1. The number of hydrogen-bond donors (Lipinski definition) is 1. The lowest BCUT2D eigenvalue weighted by atomic mass is 10.1. The van der Waals surface area contributed by atoms with Gasteiger partial charge in [0.1, 0.15) is 18.0 Å². The zero-order valence-corrected chi connectivity index (χ0v) is 20.1. The lowest BCUT2D eigenvalue weighted by molar-refractivity contribution is -0.864. The lowest BCUT2D eigenvalue weighted by Gasteiger charge is -2.39. The number of amides is 1. The first kappa shape index (κ1) is 23.4. The number of ether oxygens (including phenoxy) is 2. The monoisotopic (exact) mass is 463 g/mol. The van der Waals surface area contributed by atoms with E-state index in [4.69, 9.17) is 9.47 Å². The molecule has 0 unspecified atom stereocenters. The third kappa shape index (κ3) is 5.58. The van der Waals surface area contributed by atoms with E-state index in [0.29, 0.717) is 11.0 Å². The fourth-order valence-corrected chi connectivity index (χ4v) is 5.24. The van der Waals surface area contributed by atoms with Crippen LogP contribution in [0.1, 0.15) is 21.5 Å². The van der Waals surface area contributed by atoms with Gasteiger partial charge in [0.25, 0.3) is 0 Å². The molecule has 1 N–H and O–H groups in total. The highest BCUT2D eigenvalue weighted by Crippen LogP contribution is 2.31. The number of methoxy groups -OCH3 is 2. The van der Waals surface area contributed by atoms with Gasteiger partial charge in [0.05, 0.1) is 32.9 Å². The second-order valence-electron chi connectivity index (χ2n) is 8.29. The molecule has 5 nitrogen and oxygen atoms in total. The summed E-state index contributed by atoms with van der Waals surface area (Å²) >= 11 is 1.71. The Hall–Kier alpha value is -2.80. The van der Waals surface area contributed by atoms with Crippen molar-refractivity contribution in [2.24, 2.45) is 0 Å². The van der Waals surface area contributed by atoms with Crippen molar-refractivity contribution in [1.82, 2.24) is 5.32 Å². The van der Waals surface area contributed by atoms with E-state index in [2.05, 4.69) is 35.6 Å². The van der Waals surface area contributed by atoms with Crippen LogP contribution in [0.25, 0.3) is 0 Å². The quantitative estimate of drug-likeness (QED) is 0.386. The fraction of sp³-hybridized carbons (Fsp3) is 0.296.